The summed E-state index contributed by atoms with van der Waals surface area (Å²) in [5, 5.41) is 2.62. The molecule has 234 valence electrons. The van der Waals surface area contributed by atoms with Crippen LogP contribution in [0.4, 0.5) is 0 Å². The van der Waals surface area contributed by atoms with Crippen molar-refractivity contribution in [2.75, 3.05) is 0 Å². The van der Waals surface area contributed by atoms with Crippen LogP contribution >= 0.6 is 0 Å². The molecule has 1 aliphatic heterocycles. The number of hydrogen-bond acceptors (Lipinski definition) is 5. The highest BCUT2D eigenvalue weighted by Gasteiger charge is 2.44. The van der Waals surface area contributed by atoms with Gasteiger partial charge in [0.1, 0.15) is 18.2 Å². The zero-order valence-electron chi connectivity index (χ0n) is 26.3. The molecular formula is C36H55NO5. The van der Waals surface area contributed by atoms with Crippen LogP contribution < -0.4 is 5.32 Å². The fraction of sp³-hybridized carbons (Fsp3) is 0.639. The molecule has 0 bridgehead atoms. The molecule has 0 unspecified atom stereocenters. The molecule has 1 aromatic rings. The second-order valence-electron chi connectivity index (χ2n) is 12.1. The summed E-state index contributed by atoms with van der Waals surface area (Å²) >= 11 is 0. The Morgan fingerprint density at radius 2 is 1.62 bits per heavy atom. The minimum atomic E-state index is -0.668. The lowest BCUT2D eigenvalue weighted by molar-refractivity contribution is -0.189. The zero-order chi connectivity index (χ0) is 30.4. The van der Waals surface area contributed by atoms with Crippen LogP contribution in [0.15, 0.2) is 54.6 Å². The number of esters is 2. The summed E-state index contributed by atoms with van der Waals surface area (Å²) in [6.45, 7) is 6.25. The molecule has 1 saturated heterocycles. The standard InChI is InChI=1S/C36H55NO5/c1-4-5-6-7-8-9-10-11-12-13-14-15-16-17-21-24-31(41-36(40)33(37-28-38)25-29(2)3)27-34-32(35(39)42-34)26-30-22-19-18-20-23-30/h8-9,11-12,18-20,22-23,28-29,31-34H,4-7,10,13-17,21,24-27H2,1-3H3,(H,37,38)/b9-8-,12-11-/t31-,32-,33-,34-/m0/s1. The van der Waals surface area contributed by atoms with Crippen LogP contribution in [0.2, 0.25) is 0 Å². The lowest BCUT2D eigenvalue weighted by atomic mass is 9.86. The number of nitrogens with one attached hydrogen (secondary N) is 1. The monoisotopic (exact) mass is 581 g/mol. The molecule has 6 heteroatoms. The van der Waals surface area contributed by atoms with Gasteiger partial charge >= 0.3 is 11.9 Å². The van der Waals surface area contributed by atoms with E-state index in [1.54, 1.807) is 0 Å². The lowest BCUT2D eigenvalue weighted by Crippen LogP contribution is -2.49. The SMILES string of the molecule is CCCCC/C=C\C/C=C\CCCCCCC[C@@H](C[C@@H]1OC(=O)[C@H]1Cc1ccccc1)OC(=O)[C@H](CC(C)C)NC=O. The maximum absolute atomic E-state index is 13.0. The summed E-state index contributed by atoms with van der Waals surface area (Å²) in [7, 11) is 0. The molecule has 0 spiro atoms. The molecule has 42 heavy (non-hydrogen) atoms. The average Bonchev–Trinajstić information content (AvgIpc) is 2.97. The second kappa shape index (κ2) is 21.8. The van der Waals surface area contributed by atoms with Crippen LogP contribution in [-0.2, 0) is 30.3 Å². The number of rotatable bonds is 24. The molecule has 1 aromatic carbocycles. The van der Waals surface area contributed by atoms with Gasteiger partial charge in [-0.1, -0.05) is 108 Å². The summed E-state index contributed by atoms with van der Waals surface area (Å²) in [5.74, 6) is -0.587. The lowest BCUT2D eigenvalue weighted by Gasteiger charge is -2.37. The van der Waals surface area contributed by atoms with Gasteiger partial charge in [0, 0.05) is 6.42 Å². The van der Waals surface area contributed by atoms with Crippen LogP contribution in [0.25, 0.3) is 0 Å². The first kappa shape index (κ1) is 35.3. The smallest absolute Gasteiger partial charge is 0.328 e. The first-order valence-corrected chi connectivity index (χ1v) is 16.4. The number of cyclic esters (lactones) is 1. The van der Waals surface area contributed by atoms with Gasteiger partial charge in [0.15, 0.2) is 0 Å². The molecule has 0 saturated carbocycles. The second-order valence-corrected chi connectivity index (χ2v) is 12.1. The zero-order valence-corrected chi connectivity index (χ0v) is 26.3. The molecule has 4 atom stereocenters. The Balaban J connectivity index is 1.78. The topological polar surface area (TPSA) is 81.7 Å². The third kappa shape index (κ3) is 14.8. The summed E-state index contributed by atoms with van der Waals surface area (Å²) in [6, 6.07) is 9.27. The fourth-order valence-electron chi connectivity index (χ4n) is 5.39. The van der Waals surface area contributed by atoms with Gasteiger partial charge in [0.2, 0.25) is 6.41 Å². The molecule has 1 aliphatic rings. The van der Waals surface area contributed by atoms with Crippen molar-refractivity contribution >= 4 is 18.3 Å². The van der Waals surface area contributed by atoms with Crippen molar-refractivity contribution in [3.63, 3.8) is 0 Å². The van der Waals surface area contributed by atoms with Gasteiger partial charge in [-0.3, -0.25) is 9.59 Å². The van der Waals surface area contributed by atoms with Crippen molar-refractivity contribution in [2.24, 2.45) is 11.8 Å². The number of hydrogen-bond donors (Lipinski definition) is 1. The molecule has 1 amide bonds. The minimum absolute atomic E-state index is 0.189. The molecule has 6 nitrogen and oxygen atoms in total. The Kier molecular flexibility index (Phi) is 18.3. The van der Waals surface area contributed by atoms with Gasteiger partial charge in [-0.05, 0) is 69.3 Å². The number of carbonyl (C=O) groups excluding carboxylic acids is 3. The summed E-state index contributed by atoms with van der Waals surface area (Å²) in [6.07, 6.45) is 24.1. The van der Waals surface area contributed by atoms with Crippen molar-refractivity contribution in [3.05, 3.63) is 60.2 Å². The largest absolute Gasteiger partial charge is 0.461 e. The third-order valence-electron chi connectivity index (χ3n) is 7.83. The molecular weight excluding hydrogens is 526 g/mol. The van der Waals surface area contributed by atoms with Crippen molar-refractivity contribution in [3.8, 4) is 0 Å². The fourth-order valence-corrected chi connectivity index (χ4v) is 5.39. The predicted octanol–water partition coefficient (Wildman–Crippen LogP) is 8.05. The van der Waals surface area contributed by atoms with E-state index in [2.05, 4.69) is 36.5 Å². The van der Waals surface area contributed by atoms with Gasteiger partial charge in [-0.15, -0.1) is 0 Å². The van der Waals surface area contributed by atoms with E-state index >= 15 is 0 Å². The first-order chi connectivity index (χ1) is 20.4. The van der Waals surface area contributed by atoms with E-state index in [0.717, 1.165) is 44.1 Å². The molecule has 0 radical (unpaired) electrons. The Labute approximate surface area is 254 Å². The van der Waals surface area contributed by atoms with E-state index in [4.69, 9.17) is 9.47 Å². The quantitative estimate of drug-likeness (QED) is 0.0578. The van der Waals surface area contributed by atoms with Crippen LogP contribution in [0.3, 0.4) is 0 Å². The van der Waals surface area contributed by atoms with Crippen molar-refractivity contribution in [2.45, 2.75) is 135 Å². The number of unbranched alkanes of at least 4 members (excludes halogenated alkanes) is 8. The van der Waals surface area contributed by atoms with Crippen molar-refractivity contribution in [1.82, 2.24) is 5.32 Å². The molecule has 2 rings (SSSR count). The van der Waals surface area contributed by atoms with E-state index < -0.39 is 12.0 Å². The van der Waals surface area contributed by atoms with E-state index in [1.165, 1.54) is 38.5 Å². The molecule has 0 aromatic heterocycles. The predicted molar refractivity (Wildman–Crippen MR) is 170 cm³/mol. The normalized spacial score (nSPS) is 18.1. The van der Waals surface area contributed by atoms with Crippen LogP contribution in [-0.4, -0.2) is 36.6 Å². The van der Waals surface area contributed by atoms with E-state index in [0.29, 0.717) is 25.7 Å². The van der Waals surface area contributed by atoms with E-state index in [9.17, 15) is 14.4 Å². The van der Waals surface area contributed by atoms with Gasteiger partial charge in [0.25, 0.3) is 0 Å². The number of allylic oxidation sites excluding steroid dienone is 4. The Bertz CT molecular complexity index is 941. The van der Waals surface area contributed by atoms with Crippen molar-refractivity contribution < 1.29 is 23.9 Å². The minimum Gasteiger partial charge on any atom is -0.461 e. The molecule has 1 N–H and O–H groups in total. The van der Waals surface area contributed by atoms with Crippen LogP contribution in [0.1, 0.15) is 116 Å². The molecule has 1 fully saturated rings. The van der Waals surface area contributed by atoms with Gasteiger partial charge < -0.3 is 14.8 Å². The highest BCUT2D eigenvalue weighted by molar-refractivity contribution is 5.79. The Morgan fingerprint density at radius 3 is 2.26 bits per heavy atom. The average molecular weight is 582 g/mol. The molecule has 0 aliphatic carbocycles. The van der Waals surface area contributed by atoms with Crippen LogP contribution in [0, 0.1) is 11.8 Å². The summed E-state index contributed by atoms with van der Waals surface area (Å²) in [5.41, 5.74) is 1.10. The third-order valence-corrected chi connectivity index (χ3v) is 7.83. The molecule has 1 heterocycles. The summed E-state index contributed by atoms with van der Waals surface area (Å²) in [4.78, 5) is 36.4. The van der Waals surface area contributed by atoms with E-state index in [1.807, 2.05) is 44.2 Å². The van der Waals surface area contributed by atoms with E-state index in [-0.39, 0.29) is 30.0 Å². The maximum Gasteiger partial charge on any atom is 0.328 e. The van der Waals surface area contributed by atoms with Gasteiger partial charge in [0.05, 0.1) is 5.92 Å². The maximum atomic E-state index is 13.0. The number of benzene rings is 1. The van der Waals surface area contributed by atoms with Gasteiger partial charge in [-0.2, -0.15) is 0 Å². The number of carbonyl (C=O) groups is 3. The number of amides is 1. The van der Waals surface area contributed by atoms with Gasteiger partial charge in [-0.25, -0.2) is 4.79 Å². The highest BCUT2D eigenvalue weighted by atomic mass is 16.6. The van der Waals surface area contributed by atoms with Crippen LogP contribution in [0.5, 0.6) is 0 Å². The van der Waals surface area contributed by atoms with Crippen molar-refractivity contribution in [1.29, 1.82) is 0 Å². The summed E-state index contributed by atoms with van der Waals surface area (Å²) < 4.78 is 11.5. The first-order valence-electron chi connectivity index (χ1n) is 16.4. The Hall–Kier alpha value is -2.89. The number of ether oxygens (including phenoxy) is 2. The highest BCUT2D eigenvalue weighted by Crippen LogP contribution is 2.31. The Morgan fingerprint density at radius 1 is 0.952 bits per heavy atom.